The lowest BCUT2D eigenvalue weighted by molar-refractivity contribution is -0.137. The van der Waals surface area contributed by atoms with Gasteiger partial charge in [0, 0.05) is 24.5 Å². The summed E-state index contributed by atoms with van der Waals surface area (Å²) in [5.74, 6) is -0.0918. The first kappa shape index (κ1) is 20.8. The minimum absolute atomic E-state index is 0.00710. The molecule has 7 nitrogen and oxygen atoms in total. The van der Waals surface area contributed by atoms with Crippen molar-refractivity contribution in [2.24, 2.45) is 0 Å². The van der Waals surface area contributed by atoms with Gasteiger partial charge in [0.1, 0.15) is 11.4 Å². The molecule has 1 aliphatic carbocycles. The molecule has 2 amide bonds. The summed E-state index contributed by atoms with van der Waals surface area (Å²) in [6.45, 7) is 2.46. The number of alkyl halides is 3. The molecule has 0 radical (unpaired) electrons. The van der Waals surface area contributed by atoms with Crippen molar-refractivity contribution in [1.29, 1.82) is 0 Å². The number of benzene rings is 1. The second-order valence-electron chi connectivity index (χ2n) is 8.55. The number of hydrogen-bond donors (Lipinski definition) is 3. The van der Waals surface area contributed by atoms with Crippen LogP contribution in [0, 0.1) is 0 Å². The number of aromatic nitrogens is 2. The Morgan fingerprint density at radius 1 is 1.16 bits per heavy atom. The van der Waals surface area contributed by atoms with Gasteiger partial charge in [-0.1, -0.05) is 6.07 Å². The van der Waals surface area contributed by atoms with Crippen LogP contribution in [0.5, 0.6) is 0 Å². The summed E-state index contributed by atoms with van der Waals surface area (Å²) in [5.41, 5.74) is 2.01. The third-order valence-electron chi connectivity index (χ3n) is 6.55. The number of carbonyl (C=O) groups excluding carboxylic acids is 1. The van der Waals surface area contributed by atoms with Gasteiger partial charge < -0.3 is 20.9 Å². The largest absolute Gasteiger partial charge is 0.421 e. The lowest BCUT2D eigenvalue weighted by atomic mass is 9.91. The molecule has 2 fully saturated rings. The molecule has 3 aliphatic rings. The van der Waals surface area contributed by atoms with Gasteiger partial charge in [0.25, 0.3) is 0 Å². The first-order valence-corrected chi connectivity index (χ1v) is 11.0. The summed E-state index contributed by atoms with van der Waals surface area (Å²) in [6, 6.07) is 5.80. The van der Waals surface area contributed by atoms with Crippen LogP contribution in [0.4, 0.5) is 35.4 Å². The molecule has 2 bridgehead atoms. The third-order valence-corrected chi connectivity index (χ3v) is 6.55. The van der Waals surface area contributed by atoms with Gasteiger partial charge in [-0.3, -0.25) is 0 Å². The molecular weight excluding hydrogens is 421 g/mol. The zero-order chi connectivity index (χ0) is 22.5. The second-order valence-corrected chi connectivity index (χ2v) is 8.55. The molecule has 5 rings (SSSR count). The smallest absolute Gasteiger partial charge is 0.367 e. The van der Waals surface area contributed by atoms with Crippen LogP contribution in [0.15, 0.2) is 24.4 Å². The fourth-order valence-electron chi connectivity index (χ4n) is 4.83. The Hall–Kier alpha value is -3.04. The van der Waals surface area contributed by atoms with Crippen LogP contribution in [0.1, 0.15) is 67.8 Å². The molecule has 2 atom stereocenters. The fourth-order valence-corrected chi connectivity index (χ4v) is 4.83. The number of rotatable bonds is 5. The van der Waals surface area contributed by atoms with Crippen molar-refractivity contribution in [1.82, 2.24) is 20.2 Å². The molecule has 2 aliphatic heterocycles. The van der Waals surface area contributed by atoms with Crippen LogP contribution in [-0.4, -0.2) is 33.5 Å². The quantitative estimate of drug-likeness (QED) is 0.594. The van der Waals surface area contributed by atoms with Crippen LogP contribution in [0.25, 0.3) is 0 Å². The predicted octanol–water partition coefficient (Wildman–Crippen LogP) is 5.12. The highest BCUT2D eigenvalue weighted by Gasteiger charge is 2.46. The molecule has 170 valence electrons. The molecule has 3 N–H and O–H groups in total. The highest BCUT2D eigenvalue weighted by Crippen LogP contribution is 2.53. The van der Waals surface area contributed by atoms with E-state index in [4.69, 9.17) is 0 Å². The standard InChI is InChI=1S/C22H25F3N6O/c1-2-26-21(32)31-17-8-9-18(31)15-10-13(6-7-14(15)17)29-20-27-11-16(22(23,24)25)19(30-20)28-12-4-3-5-12/h6-7,10-12,17-18H,2-5,8-9H2,1H3,(H,26,32)(H2,27,28,29,30)/t17-,18+/m0/s1. The number of amides is 2. The van der Waals surface area contributed by atoms with E-state index >= 15 is 0 Å². The van der Waals surface area contributed by atoms with Gasteiger partial charge in [-0.15, -0.1) is 0 Å². The van der Waals surface area contributed by atoms with Crippen molar-refractivity contribution in [3.8, 4) is 0 Å². The van der Waals surface area contributed by atoms with Crippen LogP contribution in [0.2, 0.25) is 0 Å². The molecule has 3 heterocycles. The Morgan fingerprint density at radius 3 is 2.56 bits per heavy atom. The van der Waals surface area contributed by atoms with Gasteiger partial charge in [0.15, 0.2) is 0 Å². The van der Waals surface area contributed by atoms with Crippen molar-refractivity contribution in [3.63, 3.8) is 0 Å². The summed E-state index contributed by atoms with van der Waals surface area (Å²) in [7, 11) is 0. The van der Waals surface area contributed by atoms with E-state index in [-0.39, 0.29) is 35.9 Å². The number of hydrogen-bond acceptors (Lipinski definition) is 5. The Labute approximate surface area is 183 Å². The molecule has 2 aromatic rings. The summed E-state index contributed by atoms with van der Waals surface area (Å²) in [4.78, 5) is 22.4. The van der Waals surface area contributed by atoms with E-state index < -0.39 is 11.7 Å². The number of anilines is 3. The average Bonchev–Trinajstić information content (AvgIpc) is 3.27. The summed E-state index contributed by atoms with van der Waals surface area (Å²) in [5, 5.41) is 8.83. The van der Waals surface area contributed by atoms with E-state index in [1.165, 1.54) is 0 Å². The normalized spacial score (nSPS) is 21.8. The van der Waals surface area contributed by atoms with Crippen molar-refractivity contribution < 1.29 is 18.0 Å². The Balaban J connectivity index is 1.39. The van der Waals surface area contributed by atoms with E-state index in [2.05, 4.69) is 25.9 Å². The van der Waals surface area contributed by atoms with Crippen LogP contribution >= 0.6 is 0 Å². The Bertz CT molecular complexity index is 1040. The zero-order valence-corrected chi connectivity index (χ0v) is 17.7. The van der Waals surface area contributed by atoms with Gasteiger partial charge in [0.2, 0.25) is 5.95 Å². The summed E-state index contributed by atoms with van der Waals surface area (Å²) >= 11 is 0. The highest BCUT2D eigenvalue weighted by atomic mass is 19.4. The SMILES string of the molecule is CCNC(=O)N1[C@@H]2CC[C@H]1c1ccc(Nc3ncc(C(F)(F)F)c(NC4CCC4)n3)cc12. The third kappa shape index (κ3) is 3.61. The maximum atomic E-state index is 13.4. The minimum atomic E-state index is -4.53. The number of nitrogens with one attached hydrogen (secondary N) is 3. The minimum Gasteiger partial charge on any atom is -0.367 e. The van der Waals surface area contributed by atoms with Crippen LogP contribution in [-0.2, 0) is 6.18 Å². The lowest BCUT2D eigenvalue weighted by Crippen LogP contribution is -2.37. The summed E-state index contributed by atoms with van der Waals surface area (Å²) in [6.07, 6.45) is 0.783. The van der Waals surface area contributed by atoms with Crippen molar-refractivity contribution >= 4 is 23.5 Å². The van der Waals surface area contributed by atoms with E-state index in [0.29, 0.717) is 12.2 Å². The first-order valence-electron chi connectivity index (χ1n) is 11.0. The van der Waals surface area contributed by atoms with Gasteiger partial charge in [0.05, 0.1) is 12.1 Å². The molecule has 1 saturated heterocycles. The van der Waals surface area contributed by atoms with E-state index in [9.17, 15) is 18.0 Å². The number of carbonyl (C=O) groups is 1. The van der Waals surface area contributed by atoms with Crippen molar-refractivity contribution in [2.75, 3.05) is 17.2 Å². The predicted molar refractivity (Wildman–Crippen MR) is 114 cm³/mol. The van der Waals surface area contributed by atoms with Crippen molar-refractivity contribution in [3.05, 3.63) is 41.1 Å². The first-order chi connectivity index (χ1) is 15.3. The molecular formula is C22H25F3N6O. The van der Waals surface area contributed by atoms with Crippen LogP contribution in [0.3, 0.4) is 0 Å². The Kier molecular flexibility index (Phi) is 5.10. The molecule has 0 spiro atoms. The van der Waals surface area contributed by atoms with Gasteiger partial charge >= 0.3 is 12.2 Å². The monoisotopic (exact) mass is 446 g/mol. The highest BCUT2D eigenvalue weighted by molar-refractivity contribution is 5.77. The molecule has 10 heteroatoms. The maximum absolute atomic E-state index is 13.4. The van der Waals surface area contributed by atoms with Gasteiger partial charge in [-0.05, 0) is 62.3 Å². The van der Waals surface area contributed by atoms with E-state index in [0.717, 1.165) is 49.4 Å². The van der Waals surface area contributed by atoms with Crippen LogP contribution < -0.4 is 16.0 Å². The van der Waals surface area contributed by atoms with E-state index in [1.54, 1.807) is 0 Å². The fraction of sp³-hybridized carbons (Fsp3) is 0.500. The van der Waals surface area contributed by atoms with E-state index in [1.807, 2.05) is 30.0 Å². The molecule has 1 saturated carbocycles. The number of halogens is 3. The van der Waals surface area contributed by atoms with Crippen molar-refractivity contribution in [2.45, 2.75) is 63.3 Å². The number of nitrogens with zero attached hydrogens (tertiary/aromatic N) is 3. The average molecular weight is 446 g/mol. The number of fused-ring (bicyclic) bond motifs is 5. The molecule has 32 heavy (non-hydrogen) atoms. The second kappa shape index (κ2) is 7.83. The molecule has 1 aromatic carbocycles. The topological polar surface area (TPSA) is 82.2 Å². The van der Waals surface area contributed by atoms with Gasteiger partial charge in [-0.25, -0.2) is 9.78 Å². The lowest BCUT2D eigenvalue weighted by Gasteiger charge is -2.28. The summed E-state index contributed by atoms with van der Waals surface area (Å²) < 4.78 is 40.2. The number of urea groups is 1. The zero-order valence-electron chi connectivity index (χ0n) is 17.7. The van der Waals surface area contributed by atoms with Gasteiger partial charge in [-0.2, -0.15) is 18.2 Å². The maximum Gasteiger partial charge on any atom is 0.421 e. The Morgan fingerprint density at radius 2 is 1.91 bits per heavy atom. The molecule has 0 unspecified atom stereocenters. The molecule has 1 aromatic heterocycles.